The highest BCUT2D eigenvalue weighted by atomic mass is 79.9. The Morgan fingerprint density at radius 3 is 2.70 bits per heavy atom. The van der Waals surface area contributed by atoms with Gasteiger partial charge in [0.25, 0.3) is 0 Å². The van der Waals surface area contributed by atoms with Crippen molar-refractivity contribution in [1.82, 2.24) is 4.98 Å². The van der Waals surface area contributed by atoms with E-state index < -0.39 is 17.6 Å². The number of hydrogen-bond donors (Lipinski definition) is 2. The van der Waals surface area contributed by atoms with Gasteiger partial charge in [-0.15, -0.1) is 0 Å². The molecule has 7 heteroatoms. The first-order chi connectivity index (χ1) is 9.38. The number of aromatic carboxylic acids is 1. The maximum atomic E-state index is 13.3. The summed E-state index contributed by atoms with van der Waals surface area (Å²) in [6.45, 7) is 1.65. The summed E-state index contributed by atoms with van der Waals surface area (Å²) in [5, 5.41) is 11.8. The highest BCUT2D eigenvalue weighted by Gasteiger charge is 2.14. The largest absolute Gasteiger partial charge is 0.478 e. The van der Waals surface area contributed by atoms with E-state index in [2.05, 4.69) is 26.2 Å². The van der Waals surface area contributed by atoms with Crippen LogP contribution in [0.5, 0.6) is 0 Å². The van der Waals surface area contributed by atoms with E-state index in [-0.39, 0.29) is 15.9 Å². The van der Waals surface area contributed by atoms with E-state index in [0.717, 1.165) is 12.3 Å². The Kier molecular flexibility index (Phi) is 3.99. The standard InChI is InChI=1S/C13H9BrF2N2O2/c1-6-2-10(16)9(14)4-11(6)18-12-8(13(19)20)3-7(15)5-17-12/h2-5H,1H3,(H,17,18)(H,19,20). The monoisotopic (exact) mass is 342 g/mol. The average molecular weight is 343 g/mol. The van der Waals surface area contributed by atoms with Gasteiger partial charge in [-0.25, -0.2) is 18.6 Å². The molecule has 0 saturated carbocycles. The van der Waals surface area contributed by atoms with Gasteiger partial charge in [0, 0.05) is 5.69 Å². The van der Waals surface area contributed by atoms with Crippen LogP contribution in [0.1, 0.15) is 15.9 Å². The van der Waals surface area contributed by atoms with E-state index in [4.69, 9.17) is 5.11 Å². The van der Waals surface area contributed by atoms with Crippen LogP contribution < -0.4 is 5.32 Å². The lowest BCUT2D eigenvalue weighted by molar-refractivity contribution is 0.0697. The fraction of sp³-hybridized carbons (Fsp3) is 0.0769. The summed E-state index contributed by atoms with van der Waals surface area (Å²) in [6.07, 6.45) is 0.905. The summed E-state index contributed by atoms with van der Waals surface area (Å²) in [4.78, 5) is 14.8. The molecule has 0 bridgehead atoms. The second kappa shape index (κ2) is 5.54. The predicted octanol–water partition coefficient (Wildman–Crippen LogP) is 3.87. The number of pyridine rings is 1. The first kappa shape index (κ1) is 14.4. The van der Waals surface area contributed by atoms with E-state index >= 15 is 0 Å². The number of carbonyl (C=O) groups is 1. The molecule has 2 N–H and O–H groups in total. The molecule has 0 aliphatic heterocycles. The van der Waals surface area contributed by atoms with Gasteiger partial charge < -0.3 is 10.4 Å². The molecule has 104 valence electrons. The van der Waals surface area contributed by atoms with Crippen LogP contribution in [-0.4, -0.2) is 16.1 Å². The smallest absolute Gasteiger partial charge is 0.339 e. The number of aryl methyl sites for hydroxylation is 1. The molecule has 4 nitrogen and oxygen atoms in total. The zero-order chi connectivity index (χ0) is 14.9. The van der Waals surface area contributed by atoms with E-state index in [9.17, 15) is 13.6 Å². The normalized spacial score (nSPS) is 10.4. The van der Waals surface area contributed by atoms with Crippen LogP contribution in [0.2, 0.25) is 0 Å². The van der Waals surface area contributed by atoms with E-state index in [1.54, 1.807) is 6.92 Å². The van der Waals surface area contributed by atoms with Crippen LogP contribution in [0, 0.1) is 18.6 Å². The summed E-state index contributed by atoms with van der Waals surface area (Å²) in [5.41, 5.74) is 0.734. The molecule has 0 atom stereocenters. The minimum Gasteiger partial charge on any atom is -0.478 e. The average Bonchev–Trinajstić information content (AvgIpc) is 2.37. The maximum Gasteiger partial charge on any atom is 0.339 e. The Labute approximate surface area is 121 Å². The van der Waals surface area contributed by atoms with Gasteiger partial charge in [0.15, 0.2) is 0 Å². The number of aromatic nitrogens is 1. The molecular weight excluding hydrogens is 334 g/mol. The Bertz CT molecular complexity index is 692. The van der Waals surface area contributed by atoms with Crippen LogP contribution in [0.3, 0.4) is 0 Å². The zero-order valence-corrected chi connectivity index (χ0v) is 11.8. The number of benzene rings is 1. The first-order valence-corrected chi connectivity index (χ1v) is 6.29. The maximum absolute atomic E-state index is 13.3. The molecule has 2 rings (SSSR count). The van der Waals surface area contributed by atoms with Gasteiger partial charge >= 0.3 is 5.97 Å². The molecule has 0 fully saturated rings. The van der Waals surface area contributed by atoms with Crippen molar-refractivity contribution in [3.05, 3.63) is 51.6 Å². The molecule has 0 radical (unpaired) electrons. The summed E-state index contributed by atoms with van der Waals surface area (Å²) in [5.74, 6) is -2.50. The second-order valence-corrected chi connectivity index (χ2v) is 4.92. The highest BCUT2D eigenvalue weighted by molar-refractivity contribution is 9.10. The minimum absolute atomic E-state index is 0.0134. The van der Waals surface area contributed by atoms with Gasteiger partial charge in [0.05, 0.1) is 10.7 Å². The third-order valence-electron chi connectivity index (χ3n) is 2.61. The van der Waals surface area contributed by atoms with Crippen molar-refractivity contribution in [2.75, 3.05) is 5.32 Å². The lowest BCUT2D eigenvalue weighted by Gasteiger charge is -2.12. The van der Waals surface area contributed by atoms with E-state index in [0.29, 0.717) is 11.3 Å². The van der Waals surface area contributed by atoms with Crippen molar-refractivity contribution in [3.63, 3.8) is 0 Å². The summed E-state index contributed by atoms with van der Waals surface area (Å²) < 4.78 is 26.6. The van der Waals surface area contributed by atoms with Crippen molar-refractivity contribution < 1.29 is 18.7 Å². The minimum atomic E-state index is -1.31. The molecule has 0 saturated heterocycles. The predicted molar refractivity (Wildman–Crippen MR) is 73.3 cm³/mol. The molecule has 1 heterocycles. The fourth-order valence-corrected chi connectivity index (χ4v) is 1.95. The van der Waals surface area contributed by atoms with Gasteiger partial charge in [0.2, 0.25) is 0 Å². The summed E-state index contributed by atoms with van der Waals surface area (Å²) in [7, 11) is 0. The molecule has 0 unspecified atom stereocenters. The number of carboxylic acids is 1. The molecule has 0 amide bonds. The summed E-state index contributed by atoms with van der Waals surface area (Å²) in [6, 6.07) is 3.61. The quantitative estimate of drug-likeness (QED) is 0.888. The zero-order valence-electron chi connectivity index (χ0n) is 10.2. The first-order valence-electron chi connectivity index (χ1n) is 5.50. The van der Waals surface area contributed by atoms with Crippen LogP contribution in [0.15, 0.2) is 28.9 Å². The second-order valence-electron chi connectivity index (χ2n) is 4.06. The van der Waals surface area contributed by atoms with Crippen molar-refractivity contribution in [2.24, 2.45) is 0 Å². The van der Waals surface area contributed by atoms with Gasteiger partial charge in [-0.1, -0.05) is 0 Å². The summed E-state index contributed by atoms with van der Waals surface area (Å²) >= 11 is 3.04. The molecule has 2 aromatic rings. The van der Waals surface area contributed by atoms with Crippen molar-refractivity contribution >= 4 is 33.4 Å². The molecule has 1 aromatic heterocycles. The van der Waals surface area contributed by atoms with Crippen molar-refractivity contribution in [2.45, 2.75) is 6.92 Å². The van der Waals surface area contributed by atoms with Crippen LogP contribution in [-0.2, 0) is 0 Å². The van der Waals surface area contributed by atoms with Gasteiger partial charge in [-0.2, -0.15) is 0 Å². The number of anilines is 2. The van der Waals surface area contributed by atoms with Gasteiger partial charge in [-0.3, -0.25) is 0 Å². The molecule has 0 aliphatic carbocycles. The Morgan fingerprint density at radius 2 is 2.05 bits per heavy atom. The number of rotatable bonds is 3. The Balaban J connectivity index is 2.45. The fourth-order valence-electron chi connectivity index (χ4n) is 1.61. The highest BCUT2D eigenvalue weighted by Crippen LogP contribution is 2.27. The van der Waals surface area contributed by atoms with Crippen LogP contribution in [0.4, 0.5) is 20.3 Å². The SMILES string of the molecule is Cc1cc(F)c(Br)cc1Nc1ncc(F)cc1C(=O)O. The third kappa shape index (κ3) is 2.93. The number of nitrogens with zero attached hydrogens (tertiary/aromatic N) is 1. The van der Waals surface area contributed by atoms with Gasteiger partial charge in [-0.05, 0) is 46.6 Å². The lowest BCUT2D eigenvalue weighted by Crippen LogP contribution is -2.06. The van der Waals surface area contributed by atoms with Crippen molar-refractivity contribution in [3.8, 4) is 0 Å². The van der Waals surface area contributed by atoms with E-state index in [1.165, 1.54) is 12.1 Å². The molecule has 0 aliphatic rings. The van der Waals surface area contributed by atoms with Crippen LogP contribution >= 0.6 is 15.9 Å². The number of halogens is 3. The van der Waals surface area contributed by atoms with E-state index in [1.807, 2.05) is 0 Å². The number of carboxylic acid groups (broad SMARTS) is 1. The van der Waals surface area contributed by atoms with Crippen LogP contribution in [0.25, 0.3) is 0 Å². The van der Waals surface area contributed by atoms with Crippen molar-refractivity contribution in [1.29, 1.82) is 0 Å². The lowest BCUT2D eigenvalue weighted by atomic mass is 10.2. The third-order valence-corrected chi connectivity index (χ3v) is 3.21. The molecule has 1 aromatic carbocycles. The number of nitrogens with one attached hydrogen (secondary N) is 1. The number of hydrogen-bond acceptors (Lipinski definition) is 3. The molecular formula is C13H9BrF2N2O2. The molecule has 0 spiro atoms. The molecule has 20 heavy (non-hydrogen) atoms. The topological polar surface area (TPSA) is 62.2 Å². The Morgan fingerprint density at radius 1 is 1.35 bits per heavy atom. The van der Waals surface area contributed by atoms with Gasteiger partial charge in [0.1, 0.15) is 23.0 Å². The Hall–Kier alpha value is -2.02.